The van der Waals surface area contributed by atoms with Gasteiger partial charge in [0.2, 0.25) is 0 Å². The molecule has 0 aliphatic carbocycles. The van der Waals surface area contributed by atoms with E-state index in [-0.39, 0.29) is 5.91 Å². The number of carbonyl (C=O) groups excluding carboxylic acids is 1. The van der Waals surface area contributed by atoms with Crippen molar-refractivity contribution in [3.05, 3.63) is 53.1 Å². The Morgan fingerprint density at radius 3 is 2.64 bits per heavy atom. The Hall–Kier alpha value is -2.49. The average molecular weight is 296 g/mol. The van der Waals surface area contributed by atoms with Crippen molar-refractivity contribution in [2.24, 2.45) is 0 Å². The van der Waals surface area contributed by atoms with E-state index >= 15 is 0 Å². The van der Waals surface area contributed by atoms with Gasteiger partial charge in [0, 0.05) is 19.2 Å². The van der Waals surface area contributed by atoms with Crippen LogP contribution in [0.1, 0.15) is 16.7 Å². The second-order valence-corrected chi connectivity index (χ2v) is 5.85. The van der Waals surface area contributed by atoms with E-state index in [1.165, 1.54) is 11.1 Å². The molecule has 1 heterocycles. The van der Waals surface area contributed by atoms with Crippen molar-refractivity contribution in [1.82, 2.24) is 0 Å². The Morgan fingerprint density at radius 2 is 1.91 bits per heavy atom. The van der Waals surface area contributed by atoms with Crippen molar-refractivity contribution in [3.8, 4) is 5.75 Å². The lowest BCUT2D eigenvalue weighted by Gasteiger charge is -2.32. The maximum atomic E-state index is 12.5. The summed E-state index contributed by atoms with van der Waals surface area (Å²) in [4.78, 5) is 14.1. The molecular formula is C18H20N2O2. The summed E-state index contributed by atoms with van der Waals surface area (Å²) in [6.45, 7) is 4.16. The zero-order valence-electron chi connectivity index (χ0n) is 13.1. The maximum Gasteiger partial charge on any atom is 0.268 e. The van der Waals surface area contributed by atoms with Crippen LogP contribution >= 0.6 is 0 Å². The fraction of sp³-hybridized carbons (Fsp3) is 0.278. The molecule has 0 saturated carbocycles. The van der Waals surface area contributed by atoms with E-state index in [1.54, 1.807) is 24.1 Å². The number of nitrogens with two attached hydrogens (primary N) is 1. The number of fused-ring (bicyclic) bond motifs is 1. The number of amides is 1. The van der Waals surface area contributed by atoms with E-state index in [0.29, 0.717) is 17.9 Å². The first-order valence-corrected chi connectivity index (χ1v) is 7.35. The molecule has 0 radical (unpaired) electrons. The van der Waals surface area contributed by atoms with Gasteiger partial charge in [-0.25, -0.2) is 0 Å². The minimum Gasteiger partial charge on any atom is -0.478 e. The number of hydrogen-bond acceptors (Lipinski definition) is 3. The van der Waals surface area contributed by atoms with E-state index in [2.05, 4.69) is 32.0 Å². The minimum absolute atomic E-state index is 0.0451. The van der Waals surface area contributed by atoms with Crippen molar-refractivity contribution in [1.29, 1.82) is 0 Å². The van der Waals surface area contributed by atoms with Crippen LogP contribution in [0, 0.1) is 13.8 Å². The molecule has 114 valence electrons. The molecule has 0 fully saturated rings. The number of benzene rings is 2. The Morgan fingerprint density at radius 1 is 1.14 bits per heavy atom. The number of nitrogen functional groups attached to an aromatic ring is 1. The molecule has 1 aliphatic heterocycles. The topological polar surface area (TPSA) is 55.6 Å². The van der Waals surface area contributed by atoms with Gasteiger partial charge in [-0.2, -0.15) is 0 Å². The summed E-state index contributed by atoms with van der Waals surface area (Å²) in [5.41, 5.74) is 10.7. The summed E-state index contributed by atoms with van der Waals surface area (Å²) in [7, 11) is 1.76. The molecule has 2 aromatic carbocycles. The lowest BCUT2D eigenvalue weighted by molar-refractivity contribution is -0.125. The molecule has 2 aromatic rings. The molecule has 0 spiro atoms. The molecule has 1 unspecified atom stereocenters. The molecule has 1 aliphatic rings. The molecule has 1 atom stereocenters. The summed E-state index contributed by atoms with van der Waals surface area (Å²) in [5.74, 6) is 0.654. The van der Waals surface area contributed by atoms with Gasteiger partial charge >= 0.3 is 0 Å². The lowest BCUT2D eigenvalue weighted by Crippen LogP contribution is -2.44. The predicted octanol–water partition coefficient (Wildman–Crippen LogP) is 2.85. The molecule has 4 heteroatoms. The SMILES string of the molecule is Cc1ccc(CC2Oc3ccc(N)cc3N(C)C2=O)cc1C. The number of rotatable bonds is 2. The highest BCUT2D eigenvalue weighted by molar-refractivity contribution is 6.00. The van der Waals surface area contributed by atoms with Crippen LogP contribution in [0.25, 0.3) is 0 Å². The normalized spacial score (nSPS) is 17.1. The first-order valence-electron chi connectivity index (χ1n) is 7.35. The number of likely N-dealkylation sites (N-methyl/N-ethyl adjacent to an activating group) is 1. The summed E-state index contributed by atoms with van der Waals surface area (Å²) >= 11 is 0. The standard InChI is InChI=1S/C18H20N2O2/c1-11-4-5-13(8-12(11)2)9-17-18(21)20(3)15-10-14(19)6-7-16(15)22-17/h4-8,10,17H,9,19H2,1-3H3. The Balaban J connectivity index is 1.88. The third kappa shape index (κ3) is 2.52. The van der Waals surface area contributed by atoms with E-state index in [1.807, 2.05) is 6.07 Å². The van der Waals surface area contributed by atoms with Crippen LogP contribution in [0.3, 0.4) is 0 Å². The van der Waals surface area contributed by atoms with E-state index in [4.69, 9.17) is 10.5 Å². The summed E-state index contributed by atoms with van der Waals surface area (Å²) < 4.78 is 5.90. The van der Waals surface area contributed by atoms with Crippen LogP contribution in [0.4, 0.5) is 11.4 Å². The quantitative estimate of drug-likeness (QED) is 0.867. The molecule has 22 heavy (non-hydrogen) atoms. The number of aryl methyl sites for hydroxylation is 2. The van der Waals surface area contributed by atoms with Gasteiger partial charge in [-0.15, -0.1) is 0 Å². The van der Waals surface area contributed by atoms with E-state index in [9.17, 15) is 4.79 Å². The molecule has 4 nitrogen and oxygen atoms in total. The van der Waals surface area contributed by atoms with Crippen molar-refractivity contribution in [2.75, 3.05) is 17.7 Å². The number of hydrogen-bond donors (Lipinski definition) is 1. The van der Waals surface area contributed by atoms with Gasteiger partial charge in [0.25, 0.3) is 5.91 Å². The fourth-order valence-electron chi connectivity index (χ4n) is 2.71. The third-order valence-corrected chi connectivity index (χ3v) is 4.21. The van der Waals surface area contributed by atoms with Gasteiger partial charge in [-0.3, -0.25) is 4.79 Å². The molecule has 0 bridgehead atoms. The number of anilines is 2. The van der Waals surface area contributed by atoms with Gasteiger partial charge in [0.15, 0.2) is 6.10 Å². The average Bonchev–Trinajstić information content (AvgIpc) is 2.49. The first kappa shape index (κ1) is 14.4. The number of ether oxygens (including phenoxy) is 1. The van der Waals surface area contributed by atoms with Gasteiger partial charge in [0.05, 0.1) is 5.69 Å². The minimum atomic E-state index is -0.497. The molecule has 3 rings (SSSR count). The van der Waals surface area contributed by atoms with Gasteiger partial charge in [0.1, 0.15) is 5.75 Å². The second kappa shape index (κ2) is 5.37. The largest absolute Gasteiger partial charge is 0.478 e. The van der Waals surface area contributed by atoms with Crippen LogP contribution < -0.4 is 15.4 Å². The molecule has 0 saturated heterocycles. The van der Waals surface area contributed by atoms with Crippen molar-refractivity contribution in [3.63, 3.8) is 0 Å². The summed E-state index contributed by atoms with van der Waals surface area (Å²) in [6.07, 6.45) is 0.0666. The van der Waals surface area contributed by atoms with Gasteiger partial charge < -0.3 is 15.4 Å². The van der Waals surface area contributed by atoms with Gasteiger partial charge in [-0.1, -0.05) is 18.2 Å². The number of carbonyl (C=O) groups is 1. The molecule has 2 N–H and O–H groups in total. The zero-order chi connectivity index (χ0) is 15.9. The van der Waals surface area contributed by atoms with E-state index < -0.39 is 6.10 Å². The highest BCUT2D eigenvalue weighted by Gasteiger charge is 2.32. The summed E-state index contributed by atoms with van der Waals surface area (Å²) in [5, 5.41) is 0. The second-order valence-electron chi connectivity index (χ2n) is 5.85. The highest BCUT2D eigenvalue weighted by atomic mass is 16.5. The van der Waals surface area contributed by atoms with Crippen molar-refractivity contribution < 1.29 is 9.53 Å². The van der Waals surface area contributed by atoms with Crippen LogP contribution in [-0.4, -0.2) is 19.1 Å². The predicted molar refractivity (Wildman–Crippen MR) is 88.3 cm³/mol. The van der Waals surface area contributed by atoms with Crippen LogP contribution in [-0.2, 0) is 11.2 Å². The van der Waals surface area contributed by atoms with Crippen LogP contribution in [0.15, 0.2) is 36.4 Å². The lowest BCUT2D eigenvalue weighted by atomic mass is 10.0. The summed E-state index contributed by atoms with van der Waals surface area (Å²) in [6, 6.07) is 11.6. The van der Waals surface area contributed by atoms with E-state index in [0.717, 1.165) is 11.3 Å². The first-order chi connectivity index (χ1) is 10.5. The molecular weight excluding hydrogens is 276 g/mol. The molecule has 0 aromatic heterocycles. The maximum absolute atomic E-state index is 12.5. The fourth-order valence-corrected chi connectivity index (χ4v) is 2.71. The van der Waals surface area contributed by atoms with Crippen LogP contribution in [0.5, 0.6) is 5.75 Å². The Bertz CT molecular complexity index is 740. The highest BCUT2D eigenvalue weighted by Crippen LogP contribution is 2.35. The monoisotopic (exact) mass is 296 g/mol. The van der Waals surface area contributed by atoms with Gasteiger partial charge in [-0.05, 0) is 48.7 Å². The smallest absolute Gasteiger partial charge is 0.268 e. The number of nitrogens with zero attached hydrogens (tertiary/aromatic N) is 1. The third-order valence-electron chi connectivity index (χ3n) is 4.21. The van der Waals surface area contributed by atoms with Crippen LogP contribution in [0.2, 0.25) is 0 Å². The van der Waals surface area contributed by atoms with Crippen molar-refractivity contribution >= 4 is 17.3 Å². The molecule has 1 amide bonds. The Labute approximate surface area is 130 Å². The Kier molecular flexibility index (Phi) is 3.53. The van der Waals surface area contributed by atoms with Crippen molar-refractivity contribution in [2.45, 2.75) is 26.4 Å². The zero-order valence-corrected chi connectivity index (χ0v) is 13.1.